The van der Waals surface area contributed by atoms with Gasteiger partial charge in [0, 0.05) is 11.1 Å². The number of ether oxygens (including phenoxy) is 2. The van der Waals surface area contributed by atoms with Crippen LogP contribution in [0.25, 0.3) is 21.3 Å². The third-order valence-electron chi connectivity index (χ3n) is 5.30. The molecule has 2 aromatic carbocycles. The number of rotatable bonds is 4. The van der Waals surface area contributed by atoms with Crippen LogP contribution in [-0.2, 0) is 10.3 Å². The monoisotopic (exact) mass is 486 g/mol. The van der Waals surface area contributed by atoms with Gasteiger partial charge in [0.2, 0.25) is 0 Å². The number of aromatic nitrogens is 1. The van der Waals surface area contributed by atoms with E-state index in [4.69, 9.17) is 21.7 Å². The smallest absolute Gasteiger partial charge is 0.274 e. The van der Waals surface area contributed by atoms with Crippen molar-refractivity contribution in [1.82, 2.24) is 4.98 Å². The van der Waals surface area contributed by atoms with Crippen LogP contribution in [0, 0.1) is 3.82 Å². The van der Waals surface area contributed by atoms with Crippen LogP contribution in [0.3, 0.4) is 0 Å². The normalized spacial score (nSPS) is 14.2. The molecule has 0 spiro atoms. The molecule has 0 fully saturated rings. The second kappa shape index (κ2) is 7.67. The summed E-state index contributed by atoms with van der Waals surface area (Å²) in [5, 5.41) is 0.492. The van der Waals surface area contributed by atoms with Crippen molar-refractivity contribution < 1.29 is 14.3 Å². The van der Waals surface area contributed by atoms with Gasteiger partial charge in [-0.2, -0.15) is 0 Å². The lowest BCUT2D eigenvalue weighted by Gasteiger charge is -2.42. The zero-order valence-electron chi connectivity index (χ0n) is 17.0. The van der Waals surface area contributed by atoms with Gasteiger partial charge < -0.3 is 9.47 Å². The van der Waals surface area contributed by atoms with Crippen molar-refractivity contribution >= 4 is 66.0 Å². The van der Waals surface area contributed by atoms with Gasteiger partial charge >= 0.3 is 0 Å². The van der Waals surface area contributed by atoms with Gasteiger partial charge in [-0.25, -0.2) is 4.98 Å². The number of thiazole rings is 1. The van der Waals surface area contributed by atoms with Crippen LogP contribution < -0.4 is 14.4 Å². The van der Waals surface area contributed by atoms with Crippen LogP contribution in [0.15, 0.2) is 42.5 Å². The summed E-state index contributed by atoms with van der Waals surface area (Å²) < 4.78 is 13.1. The Morgan fingerprint density at radius 2 is 2.00 bits per heavy atom. The molecule has 3 heterocycles. The Morgan fingerprint density at radius 3 is 2.77 bits per heavy atom. The Labute approximate surface area is 195 Å². The van der Waals surface area contributed by atoms with Gasteiger partial charge in [-0.15, -0.1) is 0 Å². The molecule has 0 saturated carbocycles. The number of para-hydroxylation sites is 1. The predicted octanol–water partition coefficient (Wildman–Crippen LogP) is 6.49. The molecule has 158 valence electrons. The molecule has 0 saturated heterocycles. The maximum Gasteiger partial charge on any atom is 0.274 e. The van der Waals surface area contributed by atoms with Crippen LogP contribution in [0.4, 0.5) is 5.69 Å². The number of nitrogens with zero attached hydrogens (tertiary/aromatic N) is 2. The fourth-order valence-electron chi connectivity index (χ4n) is 3.88. The van der Waals surface area contributed by atoms with E-state index in [2.05, 4.69) is 4.98 Å². The van der Waals surface area contributed by atoms with Crippen LogP contribution in [0.1, 0.15) is 18.7 Å². The number of hydrogen-bond donors (Lipinski definition) is 0. The average molecular weight is 487 g/mol. The maximum atomic E-state index is 13.5. The summed E-state index contributed by atoms with van der Waals surface area (Å²) in [6.45, 7) is 4.00. The number of carbonyl (C=O) groups is 1. The molecule has 0 unspecified atom stereocenters. The van der Waals surface area contributed by atoms with E-state index < -0.39 is 5.54 Å². The van der Waals surface area contributed by atoms with E-state index in [1.54, 1.807) is 27.8 Å². The quantitative estimate of drug-likeness (QED) is 0.244. The van der Waals surface area contributed by atoms with Gasteiger partial charge in [-0.3, -0.25) is 9.69 Å². The van der Waals surface area contributed by atoms with Crippen molar-refractivity contribution in [3.63, 3.8) is 0 Å². The van der Waals surface area contributed by atoms with E-state index in [-0.39, 0.29) is 12.5 Å². The Balaban J connectivity index is 1.52. The molecule has 0 N–H and O–H groups in total. The van der Waals surface area contributed by atoms with Gasteiger partial charge in [0.15, 0.2) is 6.61 Å². The van der Waals surface area contributed by atoms with E-state index in [1.165, 1.54) is 11.3 Å². The minimum atomic E-state index is -0.552. The fraction of sp³-hybridized carbons (Fsp3) is 0.227. The highest BCUT2D eigenvalue weighted by atomic mass is 32.9. The lowest BCUT2D eigenvalue weighted by molar-refractivity contribution is -0.121. The van der Waals surface area contributed by atoms with Gasteiger partial charge in [-0.05, 0) is 44.2 Å². The van der Waals surface area contributed by atoms with Crippen LogP contribution in [0.5, 0.6) is 10.9 Å². The molecule has 1 amide bonds. The first-order chi connectivity index (χ1) is 14.9. The van der Waals surface area contributed by atoms with Crippen molar-refractivity contribution in [1.29, 1.82) is 0 Å². The molecule has 4 aromatic rings. The fourth-order valence-corrected chi connectivity index (χ4v) is 7.98. The topological polar surface area (TPSA) is 51.7 Å². The Hall–Kier alpha value is -2.33. The number of fused-ring (bicyclic) bond motifs is 4. The minimum absolute atomic E-state index is 0.0976. The zero-order chi connectivity index (χ0) is 21.8. The standard InChI is InChI=1S/C22H18N2O3S4/c1-22(2)19-18(20(28)31-30-19)13-10-12(26-3)8-9-15(13)24(22)17(25)11-27-21-23-14-6-4-5-7-16(14)29-21/h4-10H,11H2,1-3H3. The van der Waals surface area contributed by atoms with Crippen LogP contribution in [0.2, 0.25) is 0 Å². The molecule has 0 aliphatic carbocycles. The van der Waals surface area contributed by atoms with E-state index >= 15 is 0 Å². The van der Waals surface area contributed by atoms with Crippen LogP contribution >= 0.6 is 44.2 Å². The summed E-state index contributed by atoms with van der Waals surface area (Å²) in [5.74, 6) is 0.596. The van der Waals surface area contributed by atoms with Crippen molar-refractivity contribution in [2.24, 2.45) is 0 Å². The first-order valence-corrected chi connectivity index (χ1v) is 12.9. The maximum absolute atomic E-state index is 13.5. The second-order valence-electron chi connectivity index (χ2n) is 7.57. The average Bonchev–Trinajstić information content (AvgIpc) is 3.35. The van der Waals surface area contributed by atoms with Crippen LogP contribution in [-0.4, -0.2) is 24.6 Å². The molecule has 0 bridgehead atoms. The number of benzene rings is 2. The molecule has 5 rings (SSSR count). The van der Waals surface area contributed by atoms with Crippen molar-refractivity contribution in [2.75, 3.05) is 18.6 Å². The van der Waals surface area contributed by atoms with E-state index in [9.17, 15) is 4.79 Å². The van der Waals surface area contributed by atoms with Gasteiger partial charge in [-0.1, -0.05) is 56.4 Å². The van der Waals surface area contributed by atoms with Gasteiger partial charge in [0.1, 0.15) is 9.57 Å². The van der Waals surface area contributed by atoms with Crippen molar-refractivity contribution in [3.05, 3.63) is 51.2 Å². The highest BCUT2D eigenvalue weighted by molar-refractivity contribution is 7.80. The Kier molecular flexibility index (Phi) is 5.09. The molecule has 1 aliphatic heterocycles. The van der Waals surface area contributed by atoms with Gasteiger partial charge in [0.05, 0.1) is 33.4 Å². The molecule has 1 aliphatic rings. The summed E-state index contributed by atoms with van der Waals surface area (Å²) in [5.41, 5.74) is 3.08. The van der Waals surface area contributed by atoms with E-state index in [0.717, 1.165) is 41.5 Å². The zero-order valence-corrected chi connectivity index (χ0v) is 20.3. The highest BCUT2D eigenvalue weighted by Gasteiger charge is 2.43. The first kappa shape index (κ1) is 20.6. The molecule has 2 aromatic heterocycles. The Morgan fingerprint density at radius 1 is 1.19 bits per heavy atom. The third-order valence-corrected chi connectivity index (χ3v) is 9.58. The molecular formula is C22H18N2O3S4. The molecule has 5 nitrogen and oxygen atoms in total. The summed E-state index contributed by atoms with van der Waals surface area (Å²) in [7, 11) is 4.82. The van der Waals surface area contributed by atoms with E-state index in [0.29, 0.717) is 5.19 Å². The molecule has 9 heteroatoms. The molecule has 0 radical (unpaired) electrons. The largest absolute Gasteiger partial charge is 0.497 e. The number of carbonyl (C=O) groups excluding carboxylic acids is 1. The minimum Gasteiger partial charge on any atom is -0.497 e. The lowest BCUT2D eigenvalue weighted by atomic mass is 9.87. The summed E-state index contributed by atoms with van der Waals surface area (Å²) in [4.78, 5) is 20.8. The SMILES string of the molecule is COc1ccc2c(c1)-c1c(ssc1=S)C(C)(C)N2C(=O)COc1nc2ccccc2s1. The molecule has 31 heavy (non-hydrogen) atoms. The summed E-state index contributed by atoms with van der Waals surface area (Å²) in [6.07, 6.45) is 0. The highest BCUT2D eigenvalue weighted by Crippen LogP contribution is 2.52. The third kappa shape index (κ3) is 3.36. The second-order valence-corrected chi connectivity index (χ2v) is 11.4. The number of hydrogen-bond acceptors (Lipinski definition) is 8. The number of anilines is 1. The number of amides is 1. The number of methoxy groups -OCH3 is 1. The van der Waals surface area contributed by atoms with Gasteiger partial charge in [0.25, 0.3) is 11.1 Å². The summed E-state index contributed by atoms with van der Waals surface area (Å²) in [6, 6.07) is 13.6. The molecular weight excluding hydrogens is 469 g/mol. The van der Waals surface area contributed by atoms with Crippen molar-refractivity contribution in [2.45, 2.75) is 19.4 Å². The van der Waals surface area contributed by atoms with E-state index in [1.807, 2.05) is 61.2 Å². The predicted molar refractivity (Wildman–Crippen MR) is 131 cm³/mol. The summed E-state index contributed by atoms with van der Waals surface area (Å²) >= 11 is 7.07. The molecule has 0 atom stereocenters. The Bertz CT molecular complexity index is 1340. The van der Waals surface area contributed by atoms with Crippen molar-refractivity contribution in [3.8, 4) is 22.1 Å². The lowest BCUT2D eigenvalue weighted by Crippen LogP contribution is -2.49. The first-order valence-electron chi connectivity index (χ1n) is 9.53.